The molecule has 170 valence electrons. The van der Waals surface area contributed by atoms with Crippen LogP contribution in [0.1, 0.15) is 56.3 Å². The monoisotopic (exact) mass is 454 g/mol. The summed E-state index contributed by atoms with van der Waals surface area (Å²) in [4.78, 5) is 2.11. The largest absolute Gasteiger partial charge is 0.372 e. The molecular weight excluding hydrogens is 424 g/mol. The first-order valence-corrected chi connectivity index (χ1v) is 12.7. The maximum Gasteiger partial charge on any atom is 0.229 e. The van der Waals surface area contributed by atoms with E-state index in [4.69, 9.17) is 0 Å². The van der Waals surface area contributed by atoms with Crippen LogP contribution in [0, 0.1) is 11.3 Å². The fourth-order valence-electron chi connectivity index (χ4n) is 3.54. The van der Waals surface area contributed by atoms with Crippen molar-refractivity contribution in [3.05, 3.63) is 47.0 Å². The van der Waals surface area contributed by atoms with Crippen molar-refractivity contribution in [2.75, 3.05) is 35.5 Å². The van der Waals surface area contributed by atoms with Crippen molar-refractivity contribution in [2.45, 2.75) is 39.7 Å². The maximum atomic E-state index is 12.0. The van der Waals surface area contributed by atoms with Crippen molar-refractivity contribution in [3.8, 4) is 6.07 Å². The Balaban J connectivity index is 2.08. The lowest BCUT2D eigenvalue weighted by Crippen LogP contribution is -2.22. The molecule has 0 bridgehead atoms. The van der Waals surface area contributed by atoms with E-state index in [1.165, 1.54) is 0 Å². The Kier molecular flexibility index (Phi) is 7.16. The third kappa shape index (κ3) is 5.64. The van der Waals surface area contributed by atoms with E-state index in [1.54, 1.807) is 12.1 Å². The van der Waals surface area contributed by atoms with E-state index in [9.17, 15) is 13.7 Å². The summed E-state index contributed by atoms with van der Waals surface area (Å²) in [5, 5.41) is 21.8. The second-order valence-electron chi connectivity index (χ2n) is 8.18. The van der Waals surface area contributed by atoms with Gasteiger partial charge in [-0.05, 0) is 55.2 Å². The molecule has 8 nitrogen and oxygen atoms in total. The van der Waals surface area contributed by atoms with Crippen LogP contribution < -0.4 is 14.9 Å². The van der Waals surface area contributed by atoms with E-state index in [0.29, 0.717) is 22.6 Å². The fraction of sp³-hybridized carbons (Fsp3) is 0.435. The van der Waals surface area contributed by atoms with Gasteiger partial charge < -0.3 is 10.2 Å². The fourth-order valence-corrected chi connectivity index (χ4v) is 4.10. The normalized spacial score (nSPS) is 15.7. The first-order chi connectivity index (χ1) is 15.2. The summed E-state index contributed by atoms with van der Waals surface area (Å²) < 4.78 is 26.5. The lowest BCUT2D eigenvalue weighted by Gasteiger charge is -2.22. The van der Waals surface area contributed by atoms with Crippen LogP contribution in [-0.4, -0.2) is 34.3 Å². The number of sulfonamides is 1. The minimum absolute atomic E-state index is 0.147. The van der Waals surface area contributed by atoms with Gasteiger partial charge in [0, 0.05) is 31.4 Å². The second kappa shape index (κ2) is 9.67. The Morgan fingerprint density at radius 1 is 1.22 bits per heavy atom. The minimum atomic E-state index is -3.51. The second-order valence-corrected chi connectivity index (χ2v) is 9.93. The molecule has 1 unspecified atom stereocenters. The molecular formula is C23H30N6O2S. The minimum Gasteiger partial charge on any atom is -0.372 e. The Morgan fingerprint density at radius 3 is 2.44 bits per heavy atom. The zero-order valence-corrected chi connectivity index (χ0v) is 20.0. The lowest BCUT2D eigenvalue weighted by molar-refractivity contribution is 0.607. The number of rotatable bonds is 9. The van der Waals surface area contributed by atoms with Gasteiger partial charge in [-0.3, -0.25) is 4.72 Å². The number of benzene rings is 2. The molecule has 2 aromatic rings. The summed E-state index contributed by atoms with van der Waals surface area (Å²) >= 11 is 0. The third-order valence-corrected chi connectivity index (χ3v) is 5.99. The quantitative estimate of drug-likeness (QED) is 0.410. The van der Waals surface area contributed by atoms with E-state index < -0.39 is 10.0 Å². The molecule has 0 radical (unpaired) electrons. The first kappa shape index (κ1) is 23.7. The summed E-state index contributed by atoms with van der Waals surface area (Å²) in [5.74, 6) is 0.281. The molecule has 9 heteroatoms. The Morgan fingerprint density at radius 2 is 1.91 bits per heavy atom. The predicted octanol–water partition coefficient (Wildman–Crippen LogP) is 4.96. The highest BCUT2D eigenvalue weighted by Gasteiger charge is 2.28. The van der Waals surface area contributed by atoms with Gasteiger partial charge in [0.2, 0.25) is 10.0 Å². The lowest BCUT2D eigenvalue weighted by atomic mass is 9.95. The van der Waals surface area contributed by atoms with Gasteiger partial charge in [0.15, 0.2) is 0 Å². The van der Waals surface area contributed by atoms with Crippen molar-refractivity contribution in [2.24, 2.45) is 10.2 Å². The van der Waals surface area contributed by atoms with Crippen LogP contribution in [0.15, 0.2) is 40.6 Å². The first-order valence-electron chi connectivity index (χ1n) is 10.8. The number of hydrogen-bond donors (Lipinski definition) is 2. The van der Waals surface area contributed by atoms with Crippen molar-refractivity contribution in [1.82, 2.24) is 5.32 Å². The topological polar surface area (TPSA) is 120 Å². The van der Waals surface area contributed by atoms with Gasteiger partial charge >= 0.3 is 0 Å². The highest BCUT2D eigenvalue weighted by molar-refractivity contribution is 7.92. The average Bonchev–Trinajstić information content (AvgIpc) is 3.57. The van der Waals surface area contributed by atoms with Crippen molar-refractivity contribution >= 4 is 32.8 Å². The van der Waals surface area contributed by atoms with E-state index >= 15 is 0 Å². The highest BCUT2D eigenvalue weighted by Crippen LogP contribution is 2.39. The van der Waals surface area contributed by atoms with Crippen LogP contribution in [0.25, 0.3) is 0 Å². The van der Waals surface area contributed by atoms with Gasteiger partial charge in [-0.25, -0.2) is 8.42 Å². The van der Waals surface area contributed by atoms with Gasteiger partial charge in [-0.15, -0.1) is 10.2 Å². The van der Waals surface area contributed by atoms with Gasteiger partial charge in [0.1, 0.15) is 17.4 Å². The summed E-state index contributed by atoms with van der Waals surface area (Å²) in [7, 11) is -3.51. The molecule has 1 aliphatic heterocycles. The van der Waals surface area contributed by atoms with Crippen LogP contribution >= 0.6 is 0 Å². The molecule has 1 fully saturated rings. The molecule has 0 aliphatic carbocycles. The number of azo groups is 1. The molecule has 2 aromatic carbocycles. The van der Waals surface area contributed by atoms with Crippen LogP contribution in [0.2, 0.25) is 0 Å². The summed E-state index contributed by atoms with van der Waals surface area (Å²) in [6.07, 6.45) is 1.10. The molecule has 1 aliphatic rings. The molecule has 1 heterocycles. The number of nitrogens with one attached hydrogen (secondary N) is 2. The SMILES string of the molecule is CCN(CC)c1ccc(/N=N/c2c(C#N)cc(C(C)C)cc2C2CN2)c(NS(C)(=O)=O)c1. The molecule has 1 saturated heterocycles. The Bertz CT molecular complexity index is 1160. The molecule has 0 saturated carbocycles. The van der Waals surface area contributed by atoms with E-state index in [1.807, 2.05) is 26.0 Å². The zero-order valence-electron chi connectivity index (χ0n) is 19.2. The van der Waals surface area contributed by atoms with Crippen molar-refractivity contribution in [3.63, 3.8) is 0 Å². The number of nitriles is 1. The highest BCUT2D eigenvalue weighted by atomic mass is 32.2. The molecule has 2 N–H and O–H groups in total. The van der Waals surface area contributed by atoms with Crippen molar-refractivity contribution in [1.29, 1.82) is 5.26 Å². The molecule has 1 atom stereocenters. The summed E-state index contributed by atoms with van der Waals surface area (Å²) in [5.41, 5.74) is 4.62. The maximum absolute atomic E-state index is 12.0. The summed E-state index contributed by atoms with van der Waals surface area (Å²) in [6, 6.07) is 11.7. The zero-order chi connectivity index (χ0) is 23.5. The van der Waals surface area contributed by atoms with Crippen LogP contribution in [0.3, 0.4) is 0 Å². The van der Waals surface area contributed by atoms with E-state index in [2.05, 4.69) is 51.2 Å². The van der Waals surface area contributed by atoms with Crippen molar-refractivity contribution < 1.29 is 8.42 Å². The predicted molar refractivity (Wildman–Crippen MR) is 129 cm³/mol. The standard InChI is InChI=1S/C23H30N6O2S/c1-6-29(7-2)18-8-9-20(21(12-18)28-32(5,30)31)26-27-23-17(13-24)10-16(15(3)4)11-19(23)22-14-25-22/h8-12,15,22,25,28H,6-7,14H2,1-5H3/b27-26+. The number of nitrogens with zero attached hydrogens (tertiary/aromatic N) is 4. The molecule has 0 amide bonds. The van der Waals surface area contributed by atoms with Crippen LogP contribution in [-0.2, 0) is 10.0 Å². The number of hydrogen-bond acceptors (Lipinski definition) is 7. The summed E-state index contributed by atoms with van der Waals surface area (Å²) in [6.45, 7) is 10.7. The average molecular weight is 455 g/mol. The molecule has 0 aromatic heterocycles. The molecule has 0 spiro atoms. The van der Waals surface area contributed by atoms with Crippen LogP contribution in [0.4, 0.5) is 22.7 Å². The molecule has 3 rings (SSSR count). The number of anilines is 2. The van der Waals surface area contributed by atoms with Gasteiger partial charge in [0.05, 0.1) is 17.5 Å². The van der Waals surface area contributed by atoms with Crippen LogP contribution in [0.5, 0.6) is 0 Å². The Hall–Kier alpha value is -2.96. The van der Waals surface area contributed by atoms with Gasteiger partial charge in [-0.2, -0.15) is 5.26 Å². The molecule has 32 heavy (non-hydrogen) atoms. The third-order valence-electron chi connectivity index (χ3n) is 5.39. The van der Waals surface area contributed by atoms with Gasteiger partial charge in [0.25, 0.3) is 0 Å². The van der Waals surface area contributed by atoms with E-state index in [-0.39, 0.29) is 12.0 Å². The Labute approximate surface area is 190 Å². The van der Waals surface area contributed by atoms with E-state index in [0.717, 1.165) is 42.7 Å². The smallest absolute Gasteiger partial charge is 0.229 e. The van der Waals surface area contributed by atoms with Gasteiger partial charge in [-0.1, -0.05) is 19.9 Å².